The first-order valence-electron chi connectivity index (χ1n) is 5.77. The molecule has 1 aromatic carbocycles. The summed E-state index contributed by atoms with van der Waals surface area (Å²) in [7, 11) is 0. The van der Waals surface area contributed by atoms with Crippen molar-refractivity contribution in [3.05, 3.63) is 42.0 Å². The molecule has 0 heterocycles. The lowest BCUT2D eigenvalue weighted by Gasteiger charge is -2.06. The van der Waals surface area contributed by atoms with Crippen LogP contribution in [0.4, 0.5) is 0 Å². The first kappa shape index (κ1) is 14.0. The normalized spacial score (nSPS) is 10.6. The summed E-state index contributed by atoms with van der Waals surface area (Å²) in [5.41, 5.74) is 0.917. The van der Waals surface area contributed by atoms with E-state index in [-0.39, 0.29) is 18.6 Å². The van der Waals surface area contributed by atoms with E-state index in [0.717, 1.165) is 5.56 Å². The summed E-state index contributed by atoms with van der Waals surface area (Å²) in [5.74, 6) is -0.749. The molecule has 96 valence electrons. The van der Waals surface area contributed by atoms with Crippen LogP contribution in [0.25, 0.3) is 6.08 Å². The van der Waals surface area contributed by atoms with Crippen molar-refractivity contribution in [1.29, 1.82) is 0 Å². The molecule has 0 aliphatic carbocycles. The largest absolute Gasteiger partial charge is 0.441 e. The SMILES string of the molecule is CC(C)C(=O)NCOC(=O)/C=C/c1ccccc1. The summed E-state index contributed by atoms with van der Waals surface area (Å²) in [6.07, 6.45) is 2.99. The second kappa shape index (κ2) is 7.27. The highest BCUT2D eigenvalue weighted by atomic mass is 16.5. The molecule has 0 aliphatic heterocycles. The van der Waals surface area contributed by atoms with Gasteiger partial charge in [-0.05, 0) is 11.6 Å². The third-order valence-corrected chi connectivity index (χ3v) is 2.20. The number of nitrogens with one attached hydrogen (secondary N) is 1. The molecule has 0 saturated heterocycles. The Bertz CT molecular complexity index is 424. The Morgan fingerprint density at radius 2 is 1.94 bits per heavy atom. The zero-order valence-electron chi connectivity index (χ0n) is 10.6. The molecule has 1 amide bonds. The molecule has 18 heavy (non-hydrogen) atoms. The topological polar surface area (TPSA) is 55.4 Å². The van der Waals surface area contributed by atoms with Gasteiger partial charge in [0.1, 0.15) is 0 Å². The first-order valence-corrected chi connectivity index (χ1v) is 5.77. The smallest absolute Gasteiger partial charge is 0.332 e. The van der Waals surface area contributed by atoms with Crippen LogP contribution in [0.15, 0.2) is 36.4 Å². The van der Waals surface area contributed by atoms with E-state index in [4.69, 9.17) is 4.74 Å². The van der Waals surface area contributed by atoms with Gasteiger partial charge in [-0.1, -0.05) is 44.2 Å². The van der Waals surface area contributed by atoms with Crippen LogP contribution in [0.3, 0.4) is 0 Å². The van der Waals surface area contributed by atoms with Gasteiger partial charge in [0.25, 0.3) is 0 Å². The van der Waals surface area contributed by atoms with Crippen molar-refractivity contribution in [2.24, 2.45) is 5.92 Å². The van der Waals surface area contributed by atoms with Crippen molar-refractivity contribution in [3.8, 4) is 0 Å². The van der Waals surface area contributed by atoms with Crippen molar-refractivity contribution in [2.45, 2.75) is 13.8 Å². The van der Waals surface area contributed by atoms with Crippen LogP contribution in [-0.2, 0) is 14.3 Å². The number of rotatable bonds is 5. The van der Waals surface area contributed by atoms with Crippen molar-refractivity contribution >= 4 is 18.0 Å². The van der Waals surface area contributed by atoms with E-state index < -0.39 is 5.97 Å². The Balaban J connectivity index is 2.30. The summed E-state index contributed by atoms with van der Waals surface area (Å²) < 4.78 is 4.83. The average molecular weight is 247 g/mol. The van der Waals surface area contributed by atoms with Gasteiger partial charge < -0.3 is 10.1 Å². The molecule has 0 spiro atoms. The number of benzene rings is 1. The number of esters is 1. The average Bonchev–Trinajstić information content (AvgIpc) is 2.37. The molecule has 0 radical (unpaired) electrons. The molecule has 0 aromatic heterocycles. The lowest BCUT2D eigenvalue weighted by molar-refractivity contribution is -0.140. The fraction of sp³-hybridized carbons (Fsp3) is 0.286. The fourth-order valence-electron chi connectivity index (χ4n) is 1.16. The minimum Gasteiger partial charge on any atom is -0.441 e. The van der Waals surface area contributed by atoms with E-state index in [1.54, 1.807) is 19.9 Å². The lowest BCUT2D eigenvalue weighted by atomic mass is 10.2. The standard InChI is InChI=1S/C14H17NO3/c1-11(2)14(17)15-10-18-13(16)9-8-12-6-4-3-5-7-12/h3-9,11H,10H2,1-2H3,(H,15,17)/b9-8+. The molecule has 4 nitrogen and oxygen atoms in total. The van der Waals surface area contributed by atoms with Gasteiger partial charge in [0.2, 0.25) is 5.91 Å². The van der Waals surface area contributed by atoms with Crippen molar-refractivity contribution in [3.63, 3.8) is 0 Å². The molecule has 0 aliphatic rings. The van der Waals surface area contributed by atoms with E-state index in [1.807, 2.05) is 30.3 Å². The van der Waals surface area contributed by atoms with Gasteiger partial charge in [-0.25, -0.2) is 4.79 Å². The molecule has 1 rings (SSSR count). The van der Waals surface area contributed by atoms with Crippen molar-refractivity contribution in [2.75, 3.05) is 6.73 Å². The second-order valence-electron chi connectivity index (χ2n) is 4.05. The number of amides is 1. The number of ether oxygens (including phenoxy) is 1. The minimum absolute atomic E-state index is 0.102. The summed E-state index contributed by atoms with van der Waals surface area (Å²) in [4.78, 5) is 22.5. The maximum absolute atomic E-state index is 11.3. The number of hydrogen-bond donors (Lipinski definition) is 1. The Hall–Kier alpha value is -2.10. The van der Waals surface area contributed by atoms with Crippen molar-refractivity contribution in [1.82, 2.24) is 5.32 Å². The number of hydrogen-bond acceptors (Lipinski definition) is 3. The van der Waals surface area contributed by atoms with Crippen LogP contribution in [0.2, 0.25) is 0 Å². The van der Waals surface area contributed by atoms with Crippen LogP contribution in [0.1, 0.15) is 19.4 Å². The molecule has 1 N–H and O–H groups in total. The van der Waals surface area contributed by atoms with Gasteiger partial charge in [0, 0.05) is 12.0 Å². The van der Waals surface area contributed by atoms with E-state index >= 15 is 0 Å². The molecular weight excluding hydrogens is 230 g/mol. The predicted octanol–water partition coefficient (Wildman–Crippen LogP) is 1.97. The number of carbonyl (C=O) groups excluding carboxylic acids is 2. The van der Waals surface area contributed by atoms with Crippen molar-refractivity contribution < 1.29 is 14.3 Å². The van der Waals surface area contributed by atoms with Gasteiger partial charge in [-0.15, -0.1) is 0 Å². The van der Waals surface area contributed by atoms with Crippen LogP contribution in [0, 0.1) is 5.92 Å². The maximum atomic E-state index is 11.3. The van der Waals surface area contributed by atoms with Crippen LogP contribution < -0.4 is 5.32 Å². The quantitative estimate of drug-likeness (QED) is 0.491. The van der Waals surface area contributed by atoms with E-state index in [9.17, 15) is 9.59 Å². The van der Waals surface area contributed by atoms with Gasteiger partial charge in [-0.3, -0.25) is 4.79 Å². The third-order valence-electron chi connectivity index (χ3n) is 2.20. The van der Waals surface area contributed by atoms with E-state index in [0.29, 0.717) is 0 Å². The van der Waals surface area contributed by atoms with Crippen LogP contribution >= 0.6 is 0 Å². The molecule has 0 saturated carbocycles. The van der Waals surface area contributed by atoms with Crippen LogP contribution in [0.5, 0.6) is 0 Å². The summed E-state index contributed by atoms with van der Waals surface area (Å²) >= 11 is 0. The Morgan fingerprint density at radius 1 is 1.28 bits per heavy atom. The summed E-state index contributed by atoms with van der Waals surface area (Å²) in [6.45, 7) is 3.44. The summed E-state index contributed by atoms with van der Waals surface area (Å²) in [5, 5.41) is 2.50. The third kappa shape index (κ3) is 5.30. The Kier molecular flexibility index (Phi) is 5.64. The zero-order chi connectivity index (χ0) is 13.4. The molecule has 0 bridgehead atoms. The zero-order valence-corrected chi connectivity index (χ0v) is 10.6. The Labute approximate surface area is 107 Å². The Morgan fingerprint density at radius 3 is 2.56 bits per heavy atom. The minimum atomic E-state index is -0.483. The first-order chi connectivity index (χ1) is 8.59. The lowest BCUT2D eigenvalue weighted by Crippen LogP contribution is -2.30. The van der Waals surface area contributed by atoms with Gasteiger partial charge in [0.15, 0.2) is 6.73 Å². The number of carbonyl (C=O) groups is 2. The molecule has 1 aromatic rings. The fourth-order valence-corrected chi connectivity index (χ4v) is 1.16. The second-order valence-corrected chi connectivity index (χ2v) is 4.05. The highest BCUT2D eigenvalue weighted by Crippen LogP contribution is 2.00. The highest BCUT2D eigenvalue weighted by molar-refractivity contribution is 5.87. The highest BCUT2D eigenvalue weighted by Gasteiger charge is 2.05. The van der Waals surface area contributed by atoms with E-state index in [2.05, 4.69) is 5.32 Å². The monoisotopic (exact) mass is 247 g/mol. The maximum Gasteiger partial charge on any atom is 0.332 e. The molecule has 0 fully saturated rings. The molecule has 4 heteroatoms. The predicted molar refractivity (Wildman–Crippen MR) is 69.4 cm³/mol. The summed E-state index contributed by atoms with van der Waals surface area (Å²) in [6, 6.07) is 9.42. The molecular formula is C14H17NO3. The van der Waals surface area contributed by atoms with Crippen LogP contribution in [-0.4, -0.2) is 18.6 Å². The van der Waals surface area contributed by atoms with Gasteiger partial charge >= 0.3 is 5.97 Å². The van der Waals surface area contributed by atoms with E-state index in [1.165, 1.54) is 6.08 Å². The molecule has 0 unspecified atom stereocenters. The van der Waals surface area contributed by atoms with Gasteiger partial charge in [0.05, 0.1) is 0 Å². The molecule has 0 atom stereocenters. The van der Waals surface area contributed by atoms with Gasteiger partial charge in [-0.2, -0.15) is 0 Å².